The molecule has 3 N–H and O–H groups in total. The maximum absolute atomic E-state index is 13.5. The van der Waals surface area contributed by atoms with E-state index in [1.165, 1.54) is 6.20 Å². The van der Waals surface area contributed by atoms with E-state index in [1.54, 1.807) is 62.9 Å². The molecule has 4 aromatic rings. The van der Waals surface area contributed by atoms with Gasteiger partial charge in [-0.25, -0.2) is 9.78 Å². The fraction of sp³-hybridized carbons (Fsp3) is 0.436. The molecule has 0 saturated carbocycles. The summed E-state index contributed by atoms with van der Waals surface area (Å²) in [5.41, 5.74) is 2.99. The second kappa shape index (κ2) is 16.9. The lowest BCUT2D eigenvalue weighted by atomic mass is 10.0. The number of methoxy groups -OCH3 is 1. The van der Waals surface area contributed by atoms with Gasteiger partial charge in [0, 0.05) is 63.8 Å². The van der Waals surface area contributed by atoms with Crippen molar-refractivity contribution in [1.82, 2.24) is 29.7 Å². The van der Waals surface area contributed by atoms with Crippen LogP contribution in [0.2, 0.25) is 5.02 Å². The molecule has 56 heavy (non-hydrogen) atoms. The SMILES string of the molecule is CC#CC(=O)Nc1cc(Nc2ncc(Cl)c(Nc3ccc4nccnc4c3P(C)(C)=O)n2)c(OC)cc1N1CCC(N2CCN(C(=O)OC(C)(C)C)CC2)CC1. The number of ether oxygens (including phenoxy) is 2. The van der Waals surface area contributed by atoms with Gasteiger partial charge in [-0.2, -0.15) is 4.98 Å². The van der Waals surface area contributed by atoms with Gasteiger partial charge in [0.1, 0.15) is 29.0 Å². The summed E-state index contributed by atoms with van der Waals surface area (Å²) in [5.74, 6) is 5.76. The van der Waals surface area contributed by atoms with Crippen LogP contribution >= 0.6 is 18.7 Å². The van der Waals surface area contributed by atoms with Crippen LogP contribution in [0.5, 0.6) is 5.75 Å². The standard InChI is InChI=1S/C39H48ClN10O5P/c1-8-9-33(51)44-29-22-30(46-37-43-24-26(40)36(47-37)45-28-11-10-27-34(42-15-14-41-27)35(28)56(6,7)53)32(54-5)23-31(29)49-16-12-25(13-17-49)48-18-20-50(21-19-48)38(52)55-39(2,3)4/h10-11,14-15,22-25H,12-13,16-21H2,1-7H3,(H,44,51)(H2,43,45,46,47). The monoisotopic (exact) mass is 802 g/mol. The van der Waals surface area contributed by atoms with E-state index in [1.807, 2.05) is 26.8 Å². The number of piperidine rings is 1. The lowest BCUT2D eigenvalue weighted by molar-refractivity contribution is -0.111. The molecule has 17 heteroatoms. The molecule has 15 nitrogen and oxygen atoms in total. The summed E-state index contributed by atoms with van der Waals surface area (Å²) < 4.78 is 24.9. The van der Waals surface area contributed by atoms with Gasteiger partial charge in [0.05, 0.1) is 46.9 Å². The smallest absolute Gasteiger partial charge is 0.410 e. The molecule has 2 amide bonds. The molecule has 296 valence electrons. The van der Waals surface area contributed by atoms with Gasteiger partial charge in [-0.05, 0) is 78.0 Å². The van der Waals surface area contributed by atoms with E-state index in [2.05, 4.69) is 57.5 Å². The molecule has 0 atom stereocenters. The van der Waals surface area contributed by atoms with Crippen molar-refractivity contribution in [1.29, 1.82) is 0 Å². The number of halogens is 1. The van der Waals surface area contributed by atoms with E-state index in [-0.39, 0.29) is 22.9 Å². The van der Waals surface area contributed by atoms with E-state index < -0.39 is 18.7 Å². The molecule has 2 fully saturated rings. The predicted octanol–water partition coefficient (Wildman–Crippen LogP) is 6.30. The number of carbonyl (C=O) groups is 2. The van der Waals surface area contributed by atoms with Crippen molar-refractivity contribution in [2.24, 2.45) is 0 Å². The summed E-state index contributed by atoms with van der Waals surface area (Å²) in [7, 11) is -1.27. The van der Waals surface area contributed by atoms with Crippen LogP contribution in [-0.4, -0.2) is 113 Å². The Bertz CT molecular complexity index is 2220. The third-order valence-corrected chi connectivity index (χ3v) is 11.3. The molecule has 2 aliphatic heterocycles. The summed E-state index contributed by atoms with van der Waals surface area (Å²) in [6.45, 7) is 14.9. The van der Waals surface area contributed by atoms with Crippen LogP contribution in [0, 0.1) is 11.8 Å². The Labute approximate surface area is 332 Å². The molecule has 6 rings (SSSR count). The molecule has 0 aliphatic carbocycles. The molecule has 2 aromatic heterocycles. The number of benzene rings is 2. The first-order chi connectivity index (χ1) is 26.6. The highest BCUT2D eigenvalue weighted by Gasteiger charge is 2.32. The minimum atomic E-state index is -2.84. The molecular formula is C39H48ClN10O5P. The Morgan fingerprint density at radius 2 is 1.66 bits per heavy atom. The maximum Gasteiger partial charge on any atom is 0.410 e. The first-order valence-electron chi connectivity index (χ1n) is 18.4. The van der Waals surface area contributed by atoms with Gasteiger partial charge in [0.25, 0.3) is 5.91 Å². The van der Waals surface area contributed by atoms with Crippen molar-refractivity contribution in [2.75, 3.05) is 80.6 Å². The summed E-state index contributed by atoms with van der Waals surface area (Å²) in [6.07, 6.45) is 6.16. The van der Waals surface area contributed by atoms with Gasteiger partial charge in [-0.3, -0.25) is 19.7 Å². The van der Waals surface area contributed by atoms with Crippen molar-refractivity contribution in [2.45, 2.75) is 52.2 Å². The molecule has 0 bridgehead atoms. The van der Waals surface area contributed by atoms with Crippen LogP contribution in [0.3, 0.4) is 0 Å². The topological polar surface area (TPSA) is 167 Å². The zero-order chi connectivity index (χ0) is 40.2. The second-order valence-corrected chi connectivity index (χ2v) is 18.6. The lowest BCUT2D eigenvalue weighted by Crippen LogP contribution is -2.55. The third kappa shape index (κ3) is 9.61. The number of carbonyl (C=O) groups excluding carboxylic acids is 2. The number of hydrogen-bond donors (Lipinski definition) is 3. The van der Waals surface area contributed by atoms with Crippen LogP contribution in [0.15, 0.2) is 42.9 Å². The summed E-state index contributed by atoms with van der Waals surface area (Å²) in [6, 6.07) is 7.60. The second-order valence-electron chi connectivity index (χ2n) is 15.0. The van der Waals surface area contributed by atoms with E-state index in [0.717, 1.165) is 44.7 Å². The number of anilines is 6. The van der Waals surface area contributed by atoms with Gasteiger partial charge >= 0.3 is 6.09 Å². The summed E-state index contributed by atoms with van der Waals surface area (Å²) in [4.78, 5) is 49.8. The average molecular weight is 803 g/mol. The fourth-order valence-corrected chi connectivity index (χ4v) is 8.49. The number of hydrogen-bond acceptors (Lipinski definition) is 13. The first-order valence-corrected chi connectivity index (χ1v) is 21.4. The quantitative estimate of drug-likeness (QED) is 0.128. The highest BCUT2D eigenvalue weighted by atomic mass is 35.5. The highest BCUT2D eigenvalue weighted by Crippen LogP contribution is 2.42. The van der Waals surface area contributed by atoms with Gasteiger partial charge < -0.3 is 39.8 Å². The van der Waals surface area contributed by atoms with Crippen LogP contribution < -0.4 is 30.9 Å². The molecule has 2 aromatic carbocycles. The molecule has 0 spiro atoms. The summed E-state index contributed by atoms with van der Waals surface area (Å²) >= 11 is 6.58. The number of amides is 2. The van der Waals surface area contributed by atoms with Crippen molar-refractivity contribution >= 4 is 81.6 Å². The van der Waals surface area contributed by atoms with Crippen LogP contribution in [0.25, 0.3) is 11.0 Å². The van der Waals surface area contributed by atoms with Crippen LogP contribution in [0.4, 0.5) is 39.3 Å². The average Bonchev–Trinajstić information content (AvgIpc) is 3.15. The van der Waals surface area contributed by atoms with Gasteiger partial charge in [0.2, 0.25) is 5.95 Å². The molecule has 0 radical (unpaired) electrons. The Balaban J connectivity index is 1.21. The Morgan fingerprint density at radius 3 is 2.32 bits per heavy atom. The maximum atomic E-state index is 13.5. The Kier molecular flexibility index (Phi) is 12.2. The van der Waals surface area contributed by atoms with Crippen molar-refractivity contribution < 1.29 is 23.6 Å². The largest absolute Gasteiger partial charge is 0.494 e. The number of fused-ring (bicyclic) bond motifs is 1. The predicted molar refractivity (Wildman–Crippen MR) is 222 cm³/mol. The zero-order valence-electron chi connectivity index (χ0n) is 32.8. The van der Waals surface area contributed by atoms with Gasteiger partial charge in [-0.15, -0.1) is 0 Å². The normalized spacial score (nSPS) is 15.5. The van der Waals surface area contributed by atoms with Crippen LogP contribution in [0.1, 0.15) is 40.5 Å². The minimum absolute atomic E-state index is 0.194. The van der Waals surface area contributed by atoms with E-state index in [9.17, 15) is 14.2 Å². The van der Waals surface area contributed by atoms with Crippen molar-refractivity contribution in [3.05, 3.63) is 47.9 Å². The number of rotatable bonds is 9. The fourth-order valence-electron chi connectivity index (χ4n) is 6.96. The van der Waals surface area contributed by atoms with Crippen LogP contribution in [-0.2, 0) is 14.1 Å². The summed E-state index contributed by atoms with van der Waals surface area (Å²) in [5, 5.41) is 10.2. The number of piperazine rings is 1. The van der Waals surface area contributed by atoms with Crippen molar-refractivity contribution in [3.8, 4) is 17.6 Å². The molecule has 0 unspecified atom stereocenters. The first kappa shape index (κ1) is 40.5. The van der Waals surface area contributed by atoms with Crippen molar-refractivity contribution in [3.63, 3.8) is 0 Å². The lowest BCUT2D eigenvalue weighted by Gasteiger charge is -2.43. The highest BCUT2D eigenvalue weighted by molar-refractivity contribution is 7.71. The minimum Gasteiger partial charge on any atom is -0.494 e. The number of nitrogens with zero attached hydrogens (tertiary/aromatic N) is 7. The number of aromatic nitrogens is 4. The Morgan fingerprint density at radius 1 is 0.946 bits per heavy atom. The molecular weight excluding hydrogens is 755 g/mol. The molecule has 2 saturated heterocycles. The Hall–Kier alpha value is -5.16. The zero-order valence-corrected chi connectivity index (χ0v) is 34.4. The van der Waals surface area contributed by atoms with E-state index >= 15 is 0 Å². The molecule has 4 heterocycles. The van der Waals surface area contributed by atoms with E-state index in [0.29, 0.717) is 58.3 Å². The third-order valence-electron chi connectivity index (χ3n) is 9.49. The van der Waals surface area contributed by atoms with E-state index in [4.69, 9.17) is 21.1 Å². The van der Waals surface area contributed by atoms with Gasteiger partial charge in [-0.1, -0.05) is 17.5 Å². The van der Waals surface area contributed by atoms with Gasteiger partial charge in [0.15, 0.2) is 5.82 Å². The number of nitrogens with one attached hydrogen (secondary N) is 3. The molecule has 2 aliphatic rings.